The second kappa shape index (κ2) is 5.56. The van der Waals surface area contributed by atoms with E-state index in [9.17, 15) is 13.6 Å². The van der Waals surface area contributed by atoms with Gasteiger partial charge in [0.05, 0.1) is 15.7 Å². The Bertz CT molecular complexity index is 405. The number of ether oxygens (including phenoxy) is 1. The first kappa shape index (κ1) is 13.3. The molecular formula is C11H11F2IO2. The largest absolute Gasteiger partial charge is 0.492 e. The number of benzene rings is 1. The van der Waals surface area contributed by atoms with Gasteiger partial charge in [-0.3, -0.25) is 4.79 Å². The highest BCUT2D eigenvalue weighted by molar-refractivity contribution is 14.1. The van der Waals surface area contributed by atoms with Crippen molar-refractivity contribution in [3.05, 3.63) is 26.8 Å². The SMILES string of the molecule is CCOc1c(I)cc(C(F)F)cc1C(C)=O. The van der Waals surface area contributed by atoms with Crippen molar-refractivity contribution in [2.24, 2.45) is 0 Å². The lowest BCUT2D eigenvalue weighted by Gasteiger charge is -2.12. The van der Waals surface area contributed by atoms with E-state index in [1.165, 1.54) is 19.1 Å². The fourth-order valence-corrected chi connectivity index (χ4v) is 2.10. The van der Waals surface area contributed by atoms with Crippen LogP contribution in [0.4, 0.5) is 8.78 Å². The van der Waals surface area contributed by atoms with Gasteiger partial charge >= 0.3 is 0 Å². The molecule has 0 aliphatic carbocycles. The van der Waals surface area contributed by atoms with E-state index >= 15 is 0 Å². The van der Waals surface area contributed by atoms with Crippen LogP contribution >= 0.6 is 22.6 Å². The van der Waals surface area contributed by atoms with Crippen LogP contribution in [-0.2, 0) is 0 Å². The van der Waals surface area contributed by atoms with Crippen molar-refractivity contribution >= 4 is 28.4 Å². The quantitative estimate of drug-likeness (QED) is 0.615. The van der Waals surface area contributed by atoms with Crippen LogP contribution in [0.5, 0.6) is 5.75 Å². The second-order valence-corrected chi connectivity index (χ2v) is 4.33. The Kier molecular flexibility index (Phi) is 4.64. The monoisotopic (exact) mass is 340 g/mol. The minimum absolute atomic E-state index is 0.155. The Morgan fingerprint density at radius 3 is 2.56 bits per heavy atom. The highest BCUT2D eigenvalue weighted by Crippen LogP contribution is 2.31. The number of carbonyl (C=O) groups is 1. The van der Waals surface area contributed by atoms with Gasteiger partial charge in [-0.2, -0.15) is 0 Å². The van der Waals surface area contributed by atoms with Gasteiger partial charge in [0.15, 0.2) is 5.78 Å². The van der Waals surface area contributed by atoms with Crippen LogP contribution in [-0.4, -0.2) is 12.4 Å². The van der Waals surface area contributed by atoms with Crippen LogP contribution in [0.15, 0.2) is 12.1 Å². The summed E-state index contributed by atoms with van der Waals surface area (Å²) in [5.41, 5.74) is 0.0575. The number of carbonyl (C=O) groups excluding carboxylic acids is 1. The molecule has 0 fully saturated rings. The average Bonchev–Trinajstić information content (AvgIpc) is 2.20. The minimum atomic E-state index is -2.58. The van der Waals surface area contributed by atoms with E-state index in [4.69, 9.17) is 4.74 Å². The van der Waals surface area contributed by atoms with Crippen LogP contribution in [0.25, 0.3) is 0 Å². The normalized spacial score (nSPS) is 10.6. The molecule has 16 heavy (non-hydrogen) atoms. The summed E-state index contributed by atoms with van der Waals surface area (Å²) in [6, 6.07) is 2.53. The number of rotatable bonds is 4. The Morgan fingerprint density at radius 2 is 2.12 bits per heavy atom. The number of alkyl halides is 2. The topological polar surface area (TPSA) is 26.3 Å². The molecule has 0 aliphatic heterocycles. The molecule has 0 aromatic heterocycles. The molecule has 88 valence electrons. The molecule has 2 nitrogen and oxygen atoms in total. The molecule has 1 aromatic rings. The van der Waals surface area contributed by atoms with Gasteiger partial charge in [0.25, 0.3) is 6.43 Å². The highest BCUT2D eigenvalue weighted by Gasteiger charge is 2.17. The molecule has 0 amide bonds. The van der Waals surface area contributed by atoms with E-state index < -0.39 is 6.43 Å². The molecule has 0 saturated heterocycles. The van der Waals surface area contributed by atoms with E-state index in [2.05, 4.69) is 0 Å². The van der Waals surface area contributed by atoms with Gasteiger partial charge in [-0.05, 0) is 48.6 Å². The molecule has 0 saturated carbocycles. The van der Waals surface area contributed by atoms with Crippen LogP contribution in [0.2, 0.25) is 0 Å². The number of hydrogen-bond acceptors (Lipinski definition) is 2. The standard InChI is InChI=1S/C11H11F2IO2/c1-3-16-10-8(6(2)15)4-7(11(12)13)5-9(10)14/h4-5,11H,3H2,1-2H3. The van der Waals surface area contributed by atoms with Crippen LogP contribution in [0.3, 0.4) is 0 Å². The van der Waals surface area contributed by atoms with E-state index in [1.807, 2.05) is 22.6 Å². The maximum absolute atomic E-state index is 12.6. The summed E-state index contributed by atoms with van der Waals surface area (Å²) < 4.78 is 30.9. The zero-order valence-corrected chi connectivity index (χ0v) is 11.0. The smallest absolute Gasteiger partial charge is 0.263 e. The van der Waals surface area contributed by atoms with Crippen molar-refractivity contribution < 1.29 is 18.3 Å². The van der Waals surface area contributed by atoms with E-state index in [-0.39, 0.29) is 16.9 Å². The maximum Gasteiger partial charge on any atom is 0.263 e. The summed E-state index contributed by atoms with van der Waals surface area (Å²) >= 11 is 1.89. The fraction of sp³-hybridized carbons (Fsp3) is 0.364. The zero-order valence-electron chi connectivity index (χ0n) is 8.89. The van der Waals surface area contributed by atoms with Crippen LogP contribution in [0.1, 0.15) is 36.2 Å². The third-order valence-corrected chi connectivity index (χ3v) is 2.79. The van der Waals surface area contributed by atoms with E-state index in [1.54, 1.807) is 6.92 Å². The molecule has 1 rings (SSSR count). The lowest BCUT2D eigenvalue weighted by atomic mass is 10.1. The molecule has 0 spiro atoms. The Balaban J connectivity index is 3.33. The third-order valence-electron chi connectivity index (χ3n) is 1.99. The lowest BCUT2D eigenvalue weighted by Crippen LogP contribution is -2.04. The maximum atomic E-state index is 12.6. The lowest BCUT2D eigenvalue weighted by molar-refractivity contribution is 0.101. The van der Waals surface area contributed by atoms with Gasteiger partial charge in [0, 0.05) is 5.56 Å². The summed E-state index contributed by atoms with van der Waals surface area (Å²) in [6.07, 6.45) is -2.58. The molecular weight excluding hydrogens is 329 g/mol. The molecule has 0 atom stereocenters. The second-order valence-electron chi connectivity index (χ2n) is 3.17. The van der Waals surface area contributed by atoms with Crippen molar-refractivity contribution in [3.63, 3.8) is 0 Å². The predicted molar refractivity (Wildman–Crippen MR) is 65.3 cm³/mol. The molecule has 5 heteroatoms. The van der Waals surface area contributed by atoms with Crippen LogP contribution in [0, 0.1) is 3.57 Å². The number of Topliss-reactive ketones (excluding diaryl/α,β-unsaturated/α-hetero) is 1. The fourth-order valence-electron chi connectivity index (χ4n) is 1.29. The third kappa shape index (κ3) is 2.90. The summed E-state index contributed by atoms with van der Waals surface area (Å²) in [7, 11) is 0. The number of hydrogen-bond donors (Lipinski definition) is 0. The average molecular weight is 340 g/mol. The van der Waals surface area contributed by atoms with Gasteiger partial charge in [-0.25, -0.2) is 8.78 Å². The van der Waals surface area contributed by atoms with Gasteiger partial charge in [-0.1, -0.05) is 0 Å². The van der Waals surface area contributed by atoms with Crippen molar-refractivity contribution in [1.82, 2.24) is 0 Å². The van der Waals surface area contributed by atoms with Crippen molar-refractivity contribution in [3.8, 4) is 5.75 Å². The van der Waals surface area contributed by atoms with Crippen molar-refractivity contribution in [2.75, 3.05) is 6.61 Å². The first-order valence-corrected chi connectivity index (χ1v) is 5.80. The van der Waals surface area contributed by atoms with Crippen molar-refractivity contribution in [2.45, 2.75) is 20.3 Å². The van der Waals surface area contributed by atoms with E-state index in [0.29, 0.717) is 15.9 Å². The van der Waals surface area contributed by atoms with Gasteiger partial charge in [0.2, 0.25) is 0 Å². The predicted octanol–water partition coefficient (Wildman–Crippen LogP) is 3.83. The zero-order chi connectivity index (χ0) is 12.3. The molecule has 0 aliphatic rings. The molecule has 0 heterocycles. The highest BCUT2D eigenvalue weighted by atomic mass is 127. The molecule has 1 aromatic carbocycles. The molecule has 0 N–H and O–H groups in total. The summed E-state index contributed by atoms with van der Waals surface area (Å²) in [5.74, 6) is 0.115. The number of halogens is 3. The summed E-state index contributed by atoms with van der Waals surface area (Å²) in [4.78, 5) is 11.3. The van der Waals surface area contributed by atoms with Gasteiger partial charge in [0.1, 0.15) is 5.75 Å². The first-order chi connectivity index (χ1) is 7.47. The van der Waals surface area contributed by atoms with Crippen LogP contribution < -0.4 is 4.74 Å². The van der Waals surface area contributed by atoms with E-state index in [0.717, 1.165) is 0 Å². The molecule has 0 radical (unpaired) electrons. The Labute approximate surface area is 106 Å². The summed E-state index contributed by atoms with van der Waals surface area (Å²) in [5, 5.41) is 0. The van der Waals surface area contributed by atoms with Gasteiger partial charge in [-0.15, -0.1) is 0 Å². The van der Waals surface area contributed by atoms with Gasteiger partial charge < -0.3 is 4.74 Å². The minimum Gasteiger partial charge on any atom is -0.492 e. The Hall–Kier alpha value is -0.720. The number of ketones is 1. The molecule has 0 unspecified atom stereocenters. The Morgan fingerprint density at radius 1 is 1.50 bits per heavy atom. The first-order valence-electron chi connectivity index (χ1n) is 4.72. The molecule has 0 bridgehead atoms. The summed E-state index contributed by atoms with van der Waals surface area (Å²) in [6.45, 7) is 3.51. The van der Waals surface area contributed by atoms with Crippen molar-refractivity contribution in [1.29, 1.82) is 0 Å².